The maximum Gasteiger partial charge on any atom is 0.271 e. The van der Waals surface area contributed by atoms with Crippen LogP contribution in [-0.4, -0.2) is 17.2 Å². The summed E-state index contributed by atoms with van der Waals surface area (Å²) in [6.45, 7) is 0. The van der Waals surface area contributed by atoms with Crippen LogP contribution in [0.1, 0.15) is 15.9 Å². The van der Waals surface area contributed by atoms with E-state index in [1.807, 2.05) is 0 Å². The molecule has 0 bridgehead atoms. The largest absolute Gasteiger partial charge is 0.506 e. The van der Waals surface area contributed by atoms with Crippen LogP contribution in [0.15, 0.2) is 62.6 Å². The van der Waals surface area contributed by atoms with Gasteiger partial charge in [-0.25, -0.2) is 18.6 Å². The fraction of sp³-hybridized carbons (Fsp3) is 0. The molecule has 29 heavy (non-hydrogen) atoms. The zero-order valence-corrected chi connectivity index (χ0v) is 17.6. The summed E-state index contributed by atoms with van der Waals surface area (Å²) in [6.07, 6.45) is 1.38. The van der Waals surface area contributed by atoms with Gasteiger partial charge in [0, 0.05) is 5.56 Å². The van der Waals surface area contributed by atoms with Gasteiger partial charge in [-0.05, 0) is 84.9 Å². The average Bonchev–Trinajstić information content (AvgIpc) is 2.69. The van der Waals surface area contributed by atoms with Crippen LogP contribution < -0.4 is 5.43 Å². The second-order valence-electron chi connectivity index (χ2n) is 5.87. The average molecular weight is 528 g/mol. The molecule has 0 unspecified atom stereocenters. The third-order valence-corrected chi connectivity index (χ3v) is 5.07. The Morgan fingerprint density at radius 3 is 2.21 bits per heavy atom. The summed E-state index contributed by atoms with van der Waals surface area (Å²) >= 11 is 6.39. The fourth-order valence-electron chi connectivity index (χ4n) is 2.45. The van der Waals surface area contributed by atoms with Crippen molar-refractivity contribution in [3.05, 3.63) is 86.1 Å². The van der Waals surface area contributed by atoms with Crippen LogP contribution in [0.4, 0.5) is 13.2 Å². The molecule has 0 aliphatic heterocycles. The van der Waals surface area contributed by atoms with Crippen molar-refractivity contribution >= 4 is 44.0 Å². The van der Waals surface area contributed by atoms with Gasteiger partial charge in [0.25, 0.3) is 5.91 Å². The van der Waals surface area contributed by atoms with Crippen molar-refractivity contribution in [2.45, 2.75) is 0 Å². The molecule has 9 heteroatoms. The standard InChI is InChI=1S/C20H11Br2F3N2O2/c21-14-4-10(5-15(22)19(14)28)9-26-27-20(29)12-3-1-2-11(6-12)13-7-16(23)18(25)17(24)8-13/h1-9,28H,(H,27,29)/b26-9+. The van der Waals surface area contributed by atoms with Gasteiger partial charge in [-0.15, -0.1) is 0 Å². The Morgan fingerprint density at radius 1 is 0.966 bits per heavy atom. The van der Waals surface area contributed by atoms with Crippen molar-refractivity contribution in [3.8, 4) is 16.9 Å². The van der Waals surface area contributed by atoms with Crippen LogP contribution in [0.3, 0.4) is 0 Å². The van der Waals surface area contributed by atoms with E-state index in [0.717, 1.165) is 12.1 Å². The Hall–Kier alpha value is -2.65. The molecule has 0 fully saturated rings. The highest BCUT2D eigenvalue weighted by Crippen LogP contribution is 2.32. The zero-order chi connectivity index (χ0) is 21.1. The van der Waals surface area contributed by atoms with Crippen molar-refractivity contribution in [2.75, 3.05) is 0 Å². The van der Waals surface area contributed by atoms with E-state index in [0.29, 0.717) is 20.1 Å². The minimum atomic E-state index is -1.55. The Labute approximate surface area is 180 Å². The predicted molar refractivity (Wildman–Crippen MR) is 110 cm³/mol. The number of carbonyl (C=O) groups excluding carboxylic acids is 1. The van der Waals surface area contributed by atoms with Gasteiger partial charge in [0.2, 0.25) is 0 Å². The third kappa shape index (κ3) is 4.86. The lowest BCUT2D eigenvalue weighted by molar-refractivity contribution is 0.0955. The normalized spacial score (nSPS) is 11.1. The predicted octanol–water partition coefficient (Wildman–Crippen LogP) is 5.77. The summed E-state index contributed by atoms with van der Waals surface area (Å²) in [7, 11) is 0. The topological polar surface area (TPSA) is 61.7 Å². The first-order valence-electron chi connectivity index (χ1n) is 8.02. The third-order valence-electron chi connectivity index (χ3n) is 3.86. The summed E-state index contributed by atoms with van der Waals surface area (Å²) < 4.78 is 41.0. The lowest BCUT2D eigenvalue weighted by atomic mass is 10.0. The van der Waals surface area contributed by atoms with Crippen molar-refractivity contribution in [3.63, 3.8) is 0 Å². The molecule has 0 atom stereocenters. The lowest BCUT2D eigenvalue weighted by Gasteiger charge is -2.06. The lowest BCUT2D eigenvalue weighted by Crippen LogP contribution is -2.17. The summed E-state index contributed by atoms with van der Waals surface area (Å²) in [5.74, 6) is -4.69. The van der Waals surface area contributed by atoms with E-state index in [1.165, 1.54) is 30.5 Å². The van der Waals surface area contributed by atoms with Gasteiger partial charge < -0.3 is 5.11 Å². The minimum absolute atomic E-state index is 0.0386. The molecule has 3 rings (SSSR count). The first-order valence-corrected chi connectivity index (χ1v) is 9.61. The summed E-state index contributed by atoms with van der Waals surface area (Å²) in [6, 6.07) is 10.9. The van der Waals surface area contributed by atoms with Gasteiger partial charge in [0.05, 0.1) is 15.2 Å². The maximum absolute atomic E-state index is 13.5. The van der Waals surface area contributed by atoms with Crippen molar-refractivity contribution < 1.29 is 23.1 Å². The van der Waals surface area contributed by atoms with Gasteiger partial charge in [-0.3, -0.25) is 4.79 Å². The van der Waals surface area contributed by atoms with Gasteiger partial charge in [-0.2, -0.15) is 5.10 Å². The molecular formula is C20H11Br2F3N2O2. The first kappa shape index (κ1) is 21.1. The van der Waals surface area contributed by atoms with Crippen LogP contribution in [0.2, 0.25) is 0 Å². The molecule has 0 aliphatic rings. The molecule has 3 aromatic carbocycles. The number of hydrogen-bond donors (Lipinski definition) is 2. The van der Waals surface area contributed by atoms with Gasteiger partial charge in [0.1, 0.15) is 5.75 Å². The van der Waals surface area contributed by atoms with Crippen molar-refractivity contribution in [2.24, 2.45) is 5.10 Å². The number of phenols is 1. The van der Waals surface area contributed by atoms with Gasteiger partial charge in [-0.1, -0.05) is 12.1 Å². The first-order chi connectivity index (χ1) is 13.8. The molecule has 0 radical (unpaired) electrons. The van der Waals surface area contributed by atoms with E-state index >= 15 is 0 Å². The number of nitrogens with one attached hydrogen (secondary N) is 1. The highest BCUT2D eigenvalue weighted by atomic mass is 79.9. The molecule has 148 valence electrons. The van der Waals surface area contributed by atoms with E-state index in [2.05, 4.69) is 42.4 Å². The van der Waals surface area contributed by atoms with Crippen molar-refractivity contribution in [1.29, 1.82) is 0 Å². The van der Waals surface area contributed by atoms with E-state index in [-0.39, 0.29) is 16.9 Å². The van der Waals surface area contributed by atoms with Crippen LogP contribution in [0.5, 0.6) is 5.75 Å². The van der Waals surface area contributed by atoms with E-state index in [9.17, 15) is 23.1 Å². The van der Waals surface area contributed by atoms with Crippen molar-refractivity contribution in [1.82, 2.24) is 5.43 Å². The SMILES string of the molecule is O=C(N/N=C/c1cc(Br)c(O)c(Br)c1)c1cccc(-c2cc(F)c(F)c(F)c2)c1. The molecule has 0 heterocycles. The van der Waals surface area contributed by atoms with Crippen LogP contribution in [0, 0.1) is 17.5 Å². The van der Waals surface area contributed by atoms with Gasteiger partial charge in [0.15, 0.2) is 17.5 Å². The number of aromatic hydroxyl groups is 1. The van der Waals surface area contributed by atoms with Gasteiger partial charge >= 0.3 is 0 Å². The summed E-state index contributed by atoms with van der Waals surface area (Å²) in [5.41, 5.74) is 3.57. The summed E-state index contributed by atoms with van der Waals surface area (Å²) in [4.78, 5) is 12.3. The molecule has 0 aliphatic carbocycles. The molecule has 1 amide bonds. The molecule has 0 aromatic heterocycles. The minimum Gasteiger partial charge on any atom is -0.506 e. The zero-order valence-electron chi connectivity index (χ0n) is 14.4. The molecule has 2 N–H and O–H groups in total. The summed E-state index contributed by atoms with van der Waals surface area (Å²) in [5, 5.41) is 13.5. The van der Waals surface area contributed by atoms with E-state index < -0.39 is 23.4 Å². The second-order valence-corrected chi connectivity index (χ2v) is 7.58. The number of halogens is 5. The molecular weight excluding hydrogens is 517 g/mol. The molecule has 0 saturated heterocycles. The van der Waals surface area contributed by atoms with E-state index in [1.54, 1.807) is 12.1 Å². The number of nitrogens with zero attached hydrogens (tertiary/aromatic N) is 1. The second kappa shape index (κ2) is 8.79. The highest BCUT2D eigenvalue weighted by molar-refractivity contribution is 9.11. The maximum atomic E-state index is 13.5. The monoisotopic (exact) mass is 526 g/mol. The number of carbonyl (C=O) groups is 1. The quantitative estimate of drug-likeness (QED) is 0.257. The molecule has 3 aromatic rings. The molecule has 0 spiro atoms. The van der Waals surface area contributed by atoms with Crippen LogP contribution >= 0.6 is 31.9 Å². The number of hydrogen-bond acceptors (Lipinski definition) is 3. The van der Waals surface area contributed by atoms with Crippen LogP contribution in [0.25, 0.3) is 11.1 Å². The number of hydrazone groups is 1. The number of phenolic OH excluding ortho intramolecular Hbond substituents is 1. The Morgan fingerprint density at radius 2 is 1.59 bits per heavy atom. The Balaban J connectivity index is 1.78. The number of rotatable bonds is 4. The van der Waals surface area contributed by atoms with Crippen LogP contribution in [-0.2, 0) is 0 Å². The molecule has 4 nitrogen and oxygen atoms in total. The number of amides is 1. The molecule has 0 saturated carbocycles. The highest BCUT2D eigenvalue weighted by Gasteiger charge is 2.13. The fourth-order valence-corrected chi connectivity index (χ4v) is 3.67. The smallest absolute Gasteiger partial charge is 0.271 e. The number of benzene rings is 3. The Bertz CT molecular complexity index is 1090. The van der Waals surface area contributed by atoms with E-state index in [4.69, 9.17) is 0 Å². The Kier molecular flexibility index (Phi) is 6.39.